The van der Waals surface area contributed by atoms with Crippen LogP contribution in [0.5, 0.6) is 5.75 Å². The molecule has 162 valence electrons. The molecular weight excluding hydrogens is 394 g/mol. The van der Waals surface area contributed by atoms with Gasteiger partial charge in [0.25, 0.3) is 0 Å². The van der Waals surface area contributed by atoms with Gasteiger partial charge in [-0.15, -0.1) is 0 Å². The Morgan fingerprint density at radius 3 is 2.87 bits per heavy atom. The lowest BCUT2D eigenvalue weighted by Crippen LogP contribution is -2.15. The highest BCUT2D eigenvalue weighted by molar-refractivity contribution is 7.97. The van der Waals surface area contributed by atoms with Crippen molar-refractivity contribution in [2.45, 2.75) is 53.0 Å². The minimum absolute atomic E-state index is 0.501. The van der Waals surface area contributed by atoms with Crippen molar-refractivity contribution in [3.8, 4) is 5.75 Å². The number of aryl methyl sites for hydroxylation is 1. The summed E-state index contributed by atoms with van der Waals surface area (Å²) in [4.78, 5) is 9.52. The van der Waals surface area contributed by atoms with Crippen molar-refractivity contribution in [2.24, 2.45) is 5.92 Å². The summed E-state index contributed by atoms with van der Waals surface area (Å²) in [5, 5.41) is 1.09. The third-order valence-corrected chi connectivity index (χ3v) is 6.62. The smallest absolute Gasteiger partial charge is 0.152 e. The fourth-order valence-electron chi connectivity index (χ4n) is 4.11. The molecule has 4 rings (SSSR count). The fourth-order valence-corrected chi connectivity index (χ4v) is 5.14. The van der Waals surface area contributed by atoms with Gasteiger partial charge in [-0.2, -0.15) is 0 Å². The SMILES string of the molecule is CCCc1nc2c(N)nc3cc(OCCCN4CCCS4)ccc3c2n1CC(C)C. The molecule has 1 aromatic carbocycles. The van der Waals surface area contributed by atoms with Crippen LogP contribution in [0.3, 0.4) is 0 Å². The van der Waals surface area contributed by atoms with Crippen LogP contribution in [-0.2, 0) is 13.0 Å². The number of benzene rings is 1. The van der Waals surface area contributed by atoms with Gasteiger partial charge < -0.3 is 15.0 Å². The molecule has 0 atom stereocenters. The number of hydrogen-bond acceptors (Lipinski definition) is 6. The van der Waals surface area contributed by atoms with Crippen LogP contribution in [0.4, 0.5) is 5.82 Å². The molecule has 1 aliphatic heterocycles. The first kappa shape index (κ1) is 21.2. The summed E-state index contributed by atoms with van der Waals surface area (Å²) >= 11 is 1.95. The van der Waals surface area contributed by atoms with Crippen LogP contribution >= 0.6 is 11.9 Å². The number of pyridine rings is 1. The first-order chi connectivity index (χ1) is 14.6. The Hall–Kier alpha value is -1.99. The van der Waals surface area contributed by atoms with E-state index in [1.807, 2.05) is 18.0 Å². The van der Waals surface area contributed by atoms with Crippen LogP contribution in [0.2, 0.25) is 0 Å². The van der Waals surface area contributed by atoms with Gasteiger partial charge in [0.2, 0.25) is 0 Å². The number of rotatable bonds is 9. The van der Waals surface area contributed by atoms with Crippen molar-refractivity contribution in [1.29, 1.82) is 0 Å². The summed E-state index contributed by atoms with van der Waals surface area (Å²) in [6.07, 6.45) is 4.33. The number of hydrogen-bond donors (Lipinski definition) is 1. The number of imidazole rings is 1. The molecule has 2 aromatic heterocycles. The molecule has 1 fully saturated rings. The number of fused-ring (bicyclic) bond motifs is 3. The van der Waals surface area contributed by atoms with Crippen LogP contribution in [-0.4, -0.2) is 44.3 Å². The highest BCUT2D eigenvalue weighted by atomic mass is 32.2. The molecule has 3 heterocycles. The molecule has 30 heavy (non-hydrogen) atoms. The predicted octanol–water partition coefficient (Wildman–Crippen LogP) is 4.90. The average molecular weight is 428 g/mol. The van der Waals surface area contributed by atoms with Gasteiger partial charge >= 0.3 is 0 Å². The molecule has 0 spiro atoms. The van der Waals surface area contributed by atoms with Crippen molar-refractivity contribution in [2.75, 3.05) is 31.2 Å². The van der Waals surface area contributed by atoms with Gasteiger partial charge in [-0.1, -0.05) is 32.7 Å². The summed E-state index contributed by atoms with van der Waals surface area (Å²) < 4.78 is 10.8. The predicted molar refractivity (Wildman–Crippen MR) is 127 cm³/mol. The summed E-state index contributed by atoms with van der Waals surface area (Å²) in [5.41, 5.74) is 9.14. The number of anilines is 1. The molecule has 3 aromatic rings. The Kier molecular flexibility index (Phi) is 6.68. The molecule has 6 nitrogen and oxygen atoms in total. The van der Waals surface area contributed by atoms with Gasteiger partial charge in [-0.3, -0.25) is 4.31 Å². The molecule has 7 heteroatoms. The average Bonchev–Trinajstić information content (AvgIpc) is 3.34. The molecule has 0 amide bonds. The lowest BCUT2D eigenvalue weighted by molar-refractivity contribution is 0.296. The molecule has 0 radical (unpaired) electrons. The van der Waals surface area contributed by atoms with Gasteiger partial charge in [0.1, 0.15) is 17.1 Å². The van der Waals surface area contributed by atoms with E-state index in [1.165, 1.54) is 18.7 Å². The molecule has 0 saturated carbocycles. The Morgan fingerprint density at radius 1 is 1.27 bits per heavy atom. The van der Waals surface area contributed by atoms with Crippen LogP contribution < -0.4 is 10.5 Å². The van der Waals surface area contributed by atoms with Crippen molar-refractivity contribution >= 4 is 39.7 Å². The van der Waals surface area contributed by atoms with E-state index in [9.17, 15) is 0 Å². The second kappa shape index (κ2) is 9.43. The van der Waals surface area contributed by atoms with Crippen molar-refractivity contribution < 1.29 is 4.74 Å². The van der Waals surface area contributed by atoms with Crippen LogP contribution in [0.1, 0.15) is 45.9 Å². The first-order valence-corrected chi connectivity index (χ1v) is 12.1. The standard InChI is InChI=1S/C23H33N5OS/c1-4-7-20-26-21-22(28(20)15-16(2)3)18-9-8-17(14-19(18)25-23(21)24)29-12-5-10-27-11-6-13-30-27/h8-9,14,16H,4-7,10-13,15H2,1-3H3,(H2,24,25). The topological polar surface area (TPSA) is 69.2 Å². The molecular formula is C23H33N5OS. The maximum absolute atomic E-state index is 6.34. The normalized spacial score (nSPS) is 15.1. The van der Waals surface area contributed by atoms with E-state index in [2.05, 4.69) is 46.8 Å². The zero-order chi connectivity index (χ0) is 21.1. The highest BCUT2D eigenvalue weighted by Crippen LogP contribution is 2.32. The zero-order valence-corrected chi connectivity index (χ0v) is 19.2. The van der Waals surface area contributed by atoms with E-state index < -0.39 is 0 Å². The number of nitrogens with zero attached hydrogens (tertiary/aromatic N) is 4. The van der Waals surface area contributed by atoms with Gasteiger partial charge in [-0.05, 0) is 37.3 Å². The van der Waals surface area contributed by atoms with Gasteiger partial charge in [0, 0.05) is 43.3 Å². The van der Waals surface area contributed by atoms with Gasteiger partial charge in [0.15, 0.2) is 5.82 Å². The molecule has 0 unspecified atom stereocenters. The van der Waals surface area contributed by atoms with E-state index in [4.69, 9.17) is 15.5 Å². The van der Waals surface area contributed by atoms with E-state index in [1.54, 1.807) is 0 Å². The number of nitrogens with two attached hydrogens (primary N) is 1. The number of aromatic nitrogens is 3. The summed E-state index contributed by atoms with van der Waals surface area (Å²) in [6, 6.07) is 6.18. The summed E-state index contributed by atoms with van der Waals surface area (Å²) in [5.74, 6) is 4.23. The Morgan fingerprint density at radius 2 is 2.13 bits per heavy atom. The minimum atomic E-state index is 0.501. The first-order valence-electron chi connectivity index (χ1n) is 11.2. The van der Waals surface area contributed by atoms with Crippen LogP contribution in [0.25, 0.3) is 21.9 Å². The Balaban J connectivity index is 1.61. The molecule has 0 aliphatic carbocycles. The second-order valence-electron chi connectivity index (χ2n) is 8.47. The third kappa shape index (κ3) is 4.52. The maximum Gasteiger partial charge on any atom is 0.152 e. The van der Waals surface area contributed by atoms with Gasteiger partial charge in [0.05, 0.1) is 17.6 Å². The minimum Gasteiger partial charge on any atom is -0.493 e. The number of nitrogen functional groups attached to an aromatic ring is 1. The van der Waals surface area contributed by atoms with E-state index in [0.717, 1.165) is 65.9 Å². The van der Waals surface area contributed by atoms with Crippen molar-refractivity contribution in [3.05, 3.63) is 24.0 Å². The lowest BCUT2D eigenvalue weighted by atomic mass is 10.1. The number of ether oxygens (including phenoxy) is 1. The maximum atomic E-state index is 6.34. The zero-order valence-electron chi connectivity index (χ0n) is 18.4. The lowest BCUT2D eigenvalue weighted by Gasteiger charge is -2.14. The second-order valence-corrected chi connectivity index (χ2v) is 9.66. The van der Waals surface area contributed by atoms with E-state index in [-0.39, 0.29) is 0 Å². The molecule has 1 saturated heterocycles. The van der Waals surface area contributed by atoms with Crippen molar-refractivity contribution in [3.63, 3.8) is 0 Å². The quantitative estimate of drug-likeness (QED) is 0.387. The Labute approximate surface area is 183 Å². The van der Waals surface area contributed by atoms with E-state index in [0.29, 0.717) is 18.3 Å². The molecule has 2 N–H and O–H groups in total. The molecule has 0 bridgehead atoms. The largest absolute Gasteiger partial charge is 0.493 e. The van der Waals surface area contributed by atoms with Crippen LogP contribution in [0.15, 0.2) is 18.2 Å². The monoisotopic (exact) mass is 427 g/mol. The molecule has 1 aliphatic rings. The van der Waals surface area contributed by atoms with Gasteiger partial charge in [-0.25, -0.2) is 9.97 Å². The fraction of sp³-hybridized carbons (Fsp3) is 0.565. The highest BCUT2D eigenvalue weighted by Gasteiger charge is 2.18. The Bertz CT molecular complexity index is 1010. The summed E-state index contributed by atoms with van der Waals surface area (Å²) in [7, 11) is 0. The van der Waals surface area contributed by atoms with Crippen LogP contribution in [0, 0.1) is 5.92 Å². The third-order valence-electron chi connectivity index (χ3n) is 5.42. The van der Waals surface area contributed by atoms with E-state index >= 15 is 0 Å². The van der Waals surface area contributed by atoms with Crippen molar-refractivity contribution in [1.82, 2.24) is 18.8 Å². The summed E-state index contributed by atoms with van der Waals surface area (Å²) in [6.45, 7) is 10.6.